The van der Waals surface area contributed by atoms with Crippen LogP contribution in [0, 0.1) is 0 Å². The fourth-order valence-corrected chi connectivity index (χ4v) is 1.25. The van der Waals surface area contributed by atoms with Crippen molar-refractivity contribution in [3.63, 3.8) is 0 Å². The molecule has 0 radical (unpaired) electrons. The van der Waals surface area contributed by atoms with Gasteiger partial charge in [0.15, 0.2) is 0 Å². The lowest BCUT2D eigenvalue weighted by atomic mass is 10.2. The van der Waals surface area contributed by atoms with Gasteiger partial charge in [-0.3, -0.25) is 4.79 Å². The van der Waals surface area contributed by atoms with Crippen LogP contribution in [-0.4, -0.2) is 60.8 Å². The Morgan fingerprint density at radius 1 is 1.44 bits per heavy atom. The van der Waals surface area contributed by atoms with Gasteiger partial charge < -0.3 is 25.8 Å². The monoisotopic (exact) mass is 261 g/mol. The Labute approximate surface area is 105 Å². The Hall–Kier alpha value is -1.83. The second kappa shape index (κ2) is 8.29. The summed E-state index contributed by atoms with van der Waals surface area (Å²) in [6.45, 7) is 1.87. The summed E-state index contributed by atoms with van der Waals surface area (Å²) in [5.74, 6) is -1.81. The molecule has 104 valence electrons. The maximum Gasteiger partial charge on any atom is 0.326 e. The van der Waals surface area contributed by atoms with E-state index in [2.05, 4.69) is 5.32 Å². The Balaban J connectivity index is 4.46. The number of nitrogens with zero attached hydrogens (tertiary/aromatic N) is 1. The number of hydrogen-bond acceptors (Lipinski definition) is 4. The summed E-state index contributed by atoms with van der Waals surface area (Å²) in [5, 5.41) is 11.2. The Bertz CT molecular complexity index is 308. The van der Waals surface area contributed by atoms with Gasteiger partial charge in [0.2, 0.25) is 5.91 Å². The van der Waals surface area contributed by atoms with Crippen LogP contribution >= 0.6 is 0 Å². The van der Waals surface area contributed by atoms with E-state index in [0.717, 1.165) is 4.90 Å². The predicted octanol–water partition coefficient (Wildman–Crippen LogP) is -1.01. The molecule has 1 atom stereocenters. The fraction of sp³-hybridized carbons (Fsp3) is 0.700. The largest absolute Gasteiger partial charge is 0.480 e. The van der Waals surface area contributed by atoms with Gasteiger partial charge in [-0.2, -0.15) is 0 Å². The van der Waals surface area contributed by atoms with Crippen LogP contribution in [0.1, 0.15) is 13.3 Å². The van der Waals surface area contributed by atoms with Crippen molar-refractivity contribution < 1.29 is 24.2 Å². The van der Waals surface area contributed by atoms with Crippen LogP contribution in [0.3, 0.4) is 0 Å². The second-order valence-corrected chi connectivity index (χ2v) is 3.60. The zero-order valence-electron chi connectivity index (χ0n) is 10.5. The van der Waals surface area contributed by atoms with Crippen molar-refractivity contribution in [3.8, 4) is 0 Å². The SMILES string of the molecule is CCN(CC(N)=O)C(=O)NC(CCOC)C(=O)O. The van der Waals surface area contributed by atoms with Crippen LogP contribution in [-0.2, 0) is 14.3 Å². The highest BCUT2D eigenvalue weighted by Crippen LogP contribution is 1.96. The van der Waals surface area contributed by atoms with Crippen molar-refractivity contribution in [2.75, 3.05) is 26.8 Å². The summed E-state index contributed by atoms with van der Waals surface area (Å²) >= 11 is 0. The van der Waals surface area contributed by atoms with Crippen molar-refractivity contribution in [1.29, 1.82) is 0 Å². The van der Waals surface area contributed by atoms with E-state index >= 15 is 0 Å². The first-order valence-electron chi connectivity index (χ1n) is 5.47. The van der Waals surface area contributed by atoms with Gasteiger partial charge in [0.05, 0.1) is 0 Å². The van der Waals surface area contributed by atoms with E-state index in [1.165, 1.54) is 7.11 Å². The molecule has 0 aliphatic heterocycles. The molecule has 0 aromatic carbocycles. The normalized spacial score (nSPS) is 11.7. The molecular weight excluding hydrogens is 242 g/mol. The van der Waals surface area contributed by atoms with Gasteiger partial charge >= 0.3 is 12.0 Å². The summed E-state index contributed by atoms with van der Waals surface area (Å²) in [6, 6.07) is -1.70. The fourth-order valence-electron chi connectivity index (χ4n) is 1.25. The third kappa shape index (κ3) is 6.04. The molecule has 18 heavy (non-hydrogen) atoms. The van der Waals surface area contributed by atoms with Crippen molar-refractivity contribution >= 4 is 17.9 Å². The number of carboxylic acids is 1. The van der Waals surface area contributed by atoms with Gasteiger partial charge in [0, 0.05) is 26.7 Å². The van der Waals surface area contributed by atoms with Crippen LogP contribution in [0.15, 0.2) is 0 Å². The molecule has 0 spiro atoms. The Morgan fingerprint density at radius 2 is 2.06 bits per heavy atom. The molecule has 0 fully saturated rings. The van der Waals surface area contributed by atoms with Crippen LogP contribution in [0.25, 0.3) is 0 Å². The lowest BCUT2D eigenvalue weighted by Gasteiger charge is -2.22. The number of nitrogens with two attached hydrogens (primary N) is 1. The van der Waals surface area contributed by atoms with E-state index < -0.39 is 23.9 Å². The van der Waals surface area contributed by atoms with Crippen molar-refractivity contribution in [1.82, 2.24) is 10.2 Å². The molecule has 0 aliphatic rings. The molecule has 4 N–H and O–H groups in total. The first kappa shape index (κ1) is 16.2. The minimum atomic E-state index is -1.16. The van der Waals surface area contributed by atoms with E-state index in [1.54, 1.807) is 6.92 Å². The zero-order valence-corrected chi connectivity index (χ0v) is 10.5. The molecular formula is C10H19N3O5. The molecule has 3 amide bonds. The molecule has 0 aromatic heterocycles. The maximum absolute atomic E-state index is 11.7. The number of rotatable bonds is 8. The molecule has 0 bridgehead atoms. The lowest BCUT2D eigenvalue weighted by molar-refractivity contribution is -0.139. The van der Waals surface area contributed by atoms with Crippen LogP contribution < -0.4 is 11.1 Å². The molecule has 0 aromatic rings. The van der Waals surface area contributed by atoms with Crippen LogP contribution in [0.5, 0.6) is 0 Å². The van der Waals surface area contributed by atoms with E-state index in [4.69, 9.17) is 15.6 Å². The molecule has 8 heteroatoms. The van der Waals surface area contributed by atoms with Crippen LogP contribution in [0.2, 0.25) is 0 Å². The summed E-state index contributed by atoms with van der Waals surface area (Å²) < 4.78 is 4.75. The number of primary amides is 1. The molecule has 1 unspecified atom stereocenters. The summed E-state index contributed by atoms with van der Waals surface area (Å²) in [7, 11) is 1.44. The third-order valence-electron chi connectivity index (χ3n) is 2.22. The van der Waals surface area contributed by atoms with E-state index in [0.29, 0.717) is 0 Å². The molecule has 0 rings (SSSR count). The smallest absolute Gasteiger partial charge is 0.326 e. The summed E-state index contributed by atoms with van der Waals surface area (Å²) in [4.78, 5) is 34.4. The summed E-state index contributed by atoms with van der Waals surface area (Å²) in [5.41, 5.74) is 4.98. The van der Waals surface area contributed by atoms with Crippen LogP contribution in [0.4, 0.5) is 4.79 Å². The quantitative estimate of drug-likeness (QED) is 0.517. The molecule has 0 heterocycles. The third-order valence-corrected chi connectivity index (χ3v) is 2.22. The number of ether oxygens (including phenoxy) is 1. The number of amides is 3. The van der Waals surface area contributed by atoms with Gasteiger partial charge in [0.1, 0.15) is 12.6 Å². The number of urea groups is 1. The van der Waals surface area contributed by atoms with Crippen molar-refractivity contribution in [2.24, 2.45) is 5.73 Å². The molecule has 8 nitrogen and oxygen atoms in total. The van der Waals surface area contributed by atoms with Gasteiger partial charge in [-0.25, -0.2) is 9.59 Å². The Kier molecular flexibility index (Phi) is 7.45. The molecule has 0 saturated carbocycles. The number of nitrogens with one attached hydrogen (secondary N) is 1. The van der Waals surface area contributed by atoms with E-state index in [-0.39, 0.29) is 26.1 Å². The number of hydrogen-bond donors (Lipinski definition) is 3. The Morgan fingerprint density at radius 3 is 2.44 bits per heavy atom. The summed E-state index contributed by atoms with van der Waals surface area (Å²) in [6.07, 6.45) is 0.145. The number of aliphatic carboxylic acids is 1. The van der Waals surface area contributed by atoms with Gasteiger partial charge in [-0.1, -0.05) is 0 Å². The standard InChI is InChI=1S/C10H19N3O5/c1-3-13(6-8(11)14)10(17)12-7(9(15)16)4-5-18-2/h7H,3-6H2,1-2H3,(H2,11,14)(H,12,17)(H,15,16). The van der Waals surface area contributed by atoms with E-state index in [1.807, 2.05) is 0 Å². The minimum absolute atomic E-state index is 0.145. The average Bonchev–Trinajstić information content (AvgIpc) is 2.30. The lowest BCUT2D eigenvalue weighted by Crippen LogP contribution is -2.50. The molecule has 0 aliphatic carbocycles. The van der Waals surface area contributed by atoms with Gasteiger partial charge in [-0.15, -0.1) is 0 Å². The highest BCUT2D eigenvalue weighted by Gasteiger charge is 2.22. The number of carbonyl (C=O) groups is 3. The first-order chi connectivity index (χ1) is 8.42. The zero-order chi connectivity index (χ0) is 14.1. The highest BCUT2D eigenvalue weighted by atomic mass is 16.5. The number of likely N-dealkylation sites (N-methyl/N-ethyl adjacent to an activating group) is 1. The predicted molar refractivity (Wildman–Crippen MR) is 62.9 cm³/mol. The second-order valence-electron chi connectivity index (χ2n) is 3.60. The van der Waals surface area contributed by atoms with Gasteiger partial charge in [-0.05, 0) is 6.92 Å². The van der Waals surface area contributed by atoms with E-state index in [9.17, 15) is 14.4 Å². The minimum Gasteiger partial charge on any atom is -0.480 e. The van der Waals surface area contributed by atoms with Crippen molar-refractivity contribution in [2.45, 2.75) is 19.4 Å². The number of carboxylic acid groups (broad SMARTS) is 1. The topological polar surface area (TPSA) is 122 Å². The number of methoxy groups -OCH3 is 1. The molecule has 0 saturated heterocycles. The number of carbonyl (C=O) groups excluding carboxylic acids is 2. The first-order valence-corrected chi connectivity index (χ1v) is 5.47. The van der Waals surface area contributed by atoms with Gasteiger partial charge in [0.25, 0.3) is 0 Å². The average molecular weight is 261 g/mol. The van der Waals surface area contributed by atoms with Crippen molar-refractivity contribution in [3.05, 3.63) is 0 Å². The highest BCUT2D eigenvalue weighted by molar-refractivity contribution is 5.86. The maximum atomic E-state index is 11.7.